The van der Waals surface area contributed by atoms with E-state index in [1.165, 1.54) is 0 Å². The van der Waals surface area contributed by atoms with Gasteiger partial charge in [0.2, 0.25) is 5.91 Å². The zero-order chi connectivity index (χ0) is 11.1. The molecule has 1 aromatic rings. The van der Waals surface area contributed by atoms with Crippen molar-refractivity contribution in [3.63, 3.8) is 0 Å². The van der Waals surface area contributed by atoms with Crippen molar-refractivity contribution < 1.29 is 4.79 Å². The Morgan fingerprint density at radius 2 is 2.53 bits per heavy atom. The number of hydrogen-bond donors (Lipinski definition) is 2. The van der Waals surface area contributed by atoms with E-state index in [0.29, 0.717) is 6.54 Å². The van der Waals surface area contributed by atoms with E-state index in [0.717, 1.165) is 24.3 Å². The predicted octanol–water partition coefficient (Wildman–Crippen LogP) is 0.929. The van der Waals surface area contributed by atoms with Crippen LogP contribution >= 0.6 is 11.3 Å². The van der Waals surface area contributed by atoms with E-state index < -0.39 is 0 Å². The molecule has 0 saturated carbocycles. The van der Waals surface area contributed by atoms with Crippen LogP contribution in [0.5, 0.6) is 0 Å². The first-order valence-electron chi connectivity index (χ1n) is 5.15. The predicted molar refractivity (Wildman–Crippen MR) is 61.7 cm³/mol. The smallest absolute Gasteiger partial charge is 0.236 e. The molecule has 0 fully saturated rings. The first-order valence-corrected chi connectivity index (χ1v) is 6.03. The van der Waals surface area contributed by atoms with Crippen molar-refractivity contribution >= 4 is 17.2 Å². The molecule has 1 amide bonds. The number of aromatic nitrogens is 1. The molecule has 0 bridgehead atoms. The highest BCUT2D eigenvalue weighted by Crippen LogP contribution is 2.03. The molecular weight excluding hydrogens is 210 g/mol. The van der Waals surface area contributed by atoms with E-state index in [-0.39, 0.29) is 11.9 Å². The fourth-order valence-corrected chi connectivity index (χ4v) is 1.86. The van der Waals surface area contributed by atoms with E-state index in [2.05, 4.69) is 10.3 Å². The van der Waals surface area contributed by atoms with Gasteiger partial charge in [-0.2, -0.15) is 0 Å². The first kappa shape index (κ1) is 12.1. The van der Waals surface area contributed by atoms with Gasteiger partial charge in [0, 0.05) is 24.5 Å². The van der Waals surface area contributed by atoms with Crippen LogP contribution in [0.1, 0.15) is 24.8 Å². The van der Waals surface area contributed by atoms with Crippen LogP contribution in [0.25, 0.3) is 0 Å². The Morgan fingerprint density at radius 3 is 3.13 bits per heavy atom. The van der Waals surface area contributed by atoms with Crippen molar-refractivity contribution in [2.75, 3.05) is 6.54 Å². The number of thiazole rings is 1. The number of carbonyl (C=O) groups is 1. The third-order valence-electron chi connectivity index (χ3n) is 2.06. The molecule has 84 valence electrons. The quantitative estimate of drug-likeness (QED) is 0.759. The van der Waals surface area contributed by atoms with Gasteiger partial charge in [-0.05, 0) is 6.42 Å². The van der Waals surface area contributed by atoms with Crippen molar-refractivity contribution in [1.29, 1.82) is 0 Å². The van der Waals surface area contributed by atoms with Gasteiger partial charge in [-0.1, -0.05) is 13.3 Å². The topological polar surface area (TPSA) is 68.0 Å². The minimum Gasteiger partial charge on any atom is -0.354 e. The van der Waals surface area contributed by atoms with Crippen LogP contribution in [-0.4, -0.2) is 23.5 Å². The Hall–Kier alpha value is -0.940. The molecule has 0 saturated heterocycles. The molecule has 1 heterocycles. The second kappa shape index (κ2) is 6.53. The van der Waals surface area contributed by atoms with Crippen molar-refractivity contribution in [2.45, 2.75) is 32.2 Å². The maximum absolute atomic E-state index is 11.4. The molecule has 5 heteroatoms. The summed E-state index contributed by atoms with van der Waals surface area (Å²) in [6, 6.07) is -0.369. The Kier molecular flexibility index (Phi) is 5.28. The summed E-state index contributed by atoms with van der Waals surface area (Å²) in [5.41, 5.74) is 5.66. The molecule has 1 aromatic heterocycles. The number of nitrogens with zero attached hydrogens (tertiary/aromatic N) is 1. The van der Waals surface area contributed by atoms with Crippen molar-refractivity contribution in [3.05, 3.63) is 16.6 Å². The lowest BCUT2D eigenvalue weighted by Crippen LogP contribution is -2.41. The SMILES string of the molecule is CCC[C@H](N)C(=O)NCCc1nccs1. The third-order valence-corrected chi connectivity index (χ3v) is 2.90. The van der Waals surface area contributed by atoms with Gasteiger partial charge in [-0.15, -0.1) is 11.3 Å². The number of carbonyl (C=O) groups excluding carboxylic acids is 1. The monoisotopic (exact) mass is 227 g/mol. The summed E-state index contributed by atoms with van der Waals surface area (Å²) in [6.07, 6.45) is 4.22. The Balaban J connectivity index is 2.17. The molecule has 0 unspecified atom stereocenters. The van der Waals surface area contributed by atoms with E-state index in [1.807, 2.05) is 12.3 Å². The maximum Gasteiger partial charge on any atom is 0.236 e. The molecule has 0 aliphatic carbocycles. The van der Waals surface area contributed by atoms with E-state index >= 15 is 0 Å². The van der Waals surface area contributed by atoms with Gasteiger partial charge in [0.05, 0.1) is 11.0 Å². The summed E-state index contributed by atoms with van der Waals surface area (Å²) in [7, 11) is 0. The van der Waals surface area contributed by atoms with Gasteiger partial charge >= 0.3 is 0 Å². The zero-order valence-corrected chi connectivity index (χ0v) is 9.72. The van der Waals surface area contributed by atoms with Crippen molar-refractivity contribution in [1.82, 2.24) is 10.3 Å². The third kappa shape index (κ3) is 4.40. The summed E-state index contributed by atoms with van der Waals surface area (Å²) in [4.78, 5) is 15.5. The number of hydrogen-bond acceptors (Lipinski definition) is 4. The van der Waals surface area contributed by atoms with Gasteiger partial charge < -0.3 is 11.1 Å². The summed E-state index contributed by atoms with van der Waals surface area (Å²) >= 11 is 1.60. The van der Waals surface area contributed by atoms with Gasteiger partial charge in [-0.25, -0.2) is 4.98 Å². The maximum atomic E-state index is 11.4. The molecular formula is C10H17N3OS. The molecule has 15 heavy (non-hydrogen) atoms. The lowest BCUT2D eigenvalue weighted by atomic mass is 10.2. The summed E-state index contributed by atoms with van der Waals surface area (Å²) in [5.74, 6) is -0.0617. The highest BCUT2D eigenvalue weighted by molar-refractivity contribution is 7.09. The Morgan fingerprint density at radius 1 is 1.73 bits per heavy atom. The summed E-state index contributed by atoms with van der Waals surface area (Å²) < 4.78 is 0. The highest BCUT2D eigenvalue weighted by atomic mass is 32.1. The number of rotatable bonds is 6. The lowest BCUT2D eigenvalue weighted by molar-refractivity contribution is -0.122. The van der Waals surface area contributed by atoms with Crippen LogP contribution in [0.15, 0.2) is 11.6 Å². The minimum atomic E-state index is -0.369. The fraction of sp³-hybridized carbons (Fsp3) is 0.600. The van der Waals surface area contributed by atoms with Crippen LogP contribution in [0, 0.1) is 0 Å². The van der Waals surface area contributed by atoms with Gasteiger partial charge in [0.1, 0.15) is 0 Å². The van der Waals surface area contributed by atoms with Gasteiger partial charge in [-0.3, -0.25) is 4.79 Å². The largest absolute Gasteiger partial charge is 0.354 e. The highest BCUT2D eigenvalue weighted by Gasteiger charge is 2.10. The number of nitrogens with one attached hydrogen (secondary N) is 1. The second-order valence-corrected chi connectivity index (χ2v) is 4.34. The van der Waals surface area contributed by atoms with Crippen LogP contribution < -0.4 is 11.1 Å². The van der Waals surface area contributed by atoms with Crippen LogP contribution in [0.2, 0.25) is 0 Å². The first-order chi connectivity index (χ1) is 7.24. The molecule has 0 spiro atoms. The average Bonchev–Trinajstić information content (AvgIpc) is 2.71. The lowest BCUT2D eigenvalue weighted by Gasteiger charge is -2.10. The molecule has 0 aliphatic heterocycles. The molecule has 3 N–H and O–H groups in total. The van der Waals surface area contributed by atoms with Gasteiger partial charge in [0.25, 0.3) is 0 Å². The average molecular weight is 227 g/mol. The number of nitrogens with two attached hydrogens (primary N) is 1. The van der Waals surface area contributed by atoms with Crippen LogP contribution in [-0.2, 0) is 11.2 Å². The summed E-state index contributed by atoms with van der Waals surface area (Å²) in [5, 5.41) is 5.78. The molecule has 0 aliphatic rings. The Labute approximate surface area is 93.9 Å². The van der Waals surface area contributed by atoms with Crippen molar-refractivity contribution in [3.8, 4) is 0 Å². The zero-order valence-electron chi connectivity index (χ0n) is 8.90. The second-order valence-electron chi connectivity index (χ2n) is 3.36. The van der Waals surface area contributed by atoms with Crippen molar-refractivity contribution in [2.24, 2.45) is 5.73 Å². The minimum absolute atomic E-state index is 0.0617. The van der Waals surface area contributed by atoms with E-state index in [9.17, 15) is 4.79 Å². The Bertz CT molecular complexity index is 287. The molecule has 0 aromatic carbocycles. The molecule has 1 rings (SSSR count). The van der Waals surface area contributed by atoms with Crippen LogP contribution in [0.3, 0.4) is 0 Å². The van der Waals surface area contributed by atoms with E-state index in [4.69, 9.17) is 5.73 Å². The normalized spacial score (nSPS) is 12.4. The van der Waals surface area contributed by atoms with Crippen LogP contribution in [0.4, 0.5) is 0 Å². The molecule has 4 nitrogen and oxygen atoms in total. The number of amides is 1. The molecule has 1 atom stereocenters. The summed E-state index contributed by atoms with van der Waals surface area (Å²) in [6.45, 7) is 2.63. The van der Waals surface area contributed by atoms with E-state index in [1.54, 1.807) is 17.5 Å². The van der Waals surface area contributed by atoms with Gasteiger partial charge in [0.15, 0.2) is 0 Å². The molecule has 0 radical (unpaired) electrons. The fourth-order valence-electron chi connectivity index (χ4n) is 1.24. The standard InChI is InChI=1S/C10H17N3OS/c1-2-3-8(11)10(14)13-5-4-9-12-6-7-15-9/h6-8H,2-5,11H2,1H3,(H,13,14)/t8-/m0/s1.